The van der Waals surface area contributed by atoms with Crippen LogP contribution in [-0.4, -0.2) is 17.8 Å². The zero-order valence-electron chi connectivity index (χ0n) is 12.3. The maximum absolute atomic E-state index is 13.1. The van der Waals surface area contributed by atoms with E-state index in [0.29, 0.717) is 18.0 Å². The molecule has 2 atom stereocenters. The molecule has 0 aromatic heterocycles. The first-order valence-electron chi connectivity index (χ1n) is 7.83. The molecule has 112 valence electrons. The summed E-state index contributed by atoms with van der Waals surface area (Å²) in [5, 5.41) is 12.6. The Morgan fingerprint density at radius 1 is 1.25 bits per heavy atom. The third-order valence-electron chi connectivity index (χ3n) is 4.36. The number of rotatable bonds is 7. The molecule has 2 N–H and O–H groups in total. The summed E-state index contributed by atoms with van der Waals surface area (Å²) >= 11 is 0. The molecule has 0 aliphatic heterocycles. The fourth-order valence-electron chi connectivity index (χ4n) is 3.25. The molecular weight excluding hydrogens is 253 g/mol. The summed E-state index contributed by atoms with van der Waals surface area (Å²) in [6, 6.07) is 7.60. The summed E-state index contributed by atoms with van der Waals surface area (Å²) in [7, 11) is 0. The van der Waals surface area contributed by atoms with E-state index >= 15 is 0 Å². The summed E-state index contributed by atoms with van der Waals surface area (Å²) < 4.78 is 13.1. The van der Waals surface area contributed by atoms with E-state index in [1.54, 1.807) is 12.1 Å². The molecule has 0 saturated heterocycles. The van der Waals surface area contributed by atoms with Crippen molar-refractivity contribution in [3.8, 4) is 0 Å². The van der Waals surface area contributed by atoms with Gasteiger partial charge in [0.2, 0.25) is 0 Å². The minimum absolute atomic E-state index is 0.174. The van der Waals surface area contributed by atoms with Crippen molar-refractivity contribution >= 4 is 0 Å². The standard InChI is InChI=1S/C17H26FNO/c1-13(5-4-12-20)19-17(14-6-2-3-7-14)15-8-10-16(18)11-9-15/h8-11,13-14,17,19-20H,2-7,12H2,1H3. The molecule has 1 aliphatic carbocycles. The maximum atomic E-state index is 13.1. The third kappa shape index (κ3) is 4.29. The quantitative estimate of drug-likeness (QED) is 0.795. The second-order valence-corrected chi connectivity index (χ2v) is 6.01. The normalized spacial score (nSPS) is 19.1. The van der Waals surface area contributed by atoms with Crippen LogP contribution in [-0.2, 0) is 0 Å². The Labute approximate surface area is 121 Å². The average molecular weight is 279 g/mol. The summed E-state index contributed by atoms with van der Waals surface area (Å²) in [4.78, 5) is 0. The minimum atomic E-state index is -0.174. The van der Waals surface area contributed by atoms with Gasteiger partial charge in [0, 0.05) is 18.7 Å². The third-order valence-corrected chi connectivity index (χ3v) is 4.36. The van der Waals surface area contributed by atoms with Crippen LogP contribution in [0.1, 0.15) is 57.1 Å². The first kappa shape index (κ1) is 15.5. The van der Waals surface area contributed by atoms with Gasteiger partial charge in [0.05, 0.1) is 0 Å². The van der Waals surface area contributed by atoms with Gasteiger partial charge >= 0.3 is 0 Å². The number of halogens is 1. The molecule has 0 amide bonds. The number of nitrogens with one attached hydrogen (secondary N) is 1. The van der Waals surface area contributed by atoms with Gasteiger partial charge in [-0.15, -0.1) is 0 Å². The zero-order chi connectivity index (χ0) is 14.4. The highest BCUT2D eigenvalue weighted by molar-refractivity contribution is 5.21. The molecule has 0 bridgehead atoms. The lowest BCUT2D eigenvalue weighted by atomic mass is 9.90. The van der Waals surface area contributed by atoms with Gasteiger partial charge in [-0.3, -0.25) is 0 Å². The molecule has 0 heterocycles. The SMILES string of the molecule is CC(CCCO)NC(c1ccc(F)cc1)C1CCCC1. The van der Waals surface area contributed by atoms with E-state index in [0.717, 1.165) is 12.8 Å². The van der Waals surface area contributed by atoms with Gasteiger partial charge in [-0.25, -0.2) is 4.39 Å². The molecule has 20 heavy (non-hydrogen) atoms. The summed E-state index contributed by atoms with van der Waals surface area (Å²) in [6.07, 6.45) is 6.91. The number of hydrogen-bond acceptors (Lipinski definition) is 2. The van der Waals surface area contributed by atoms with Gasteiger partial charge in [0.25, 0.3) is 0 Å². The largest absolute Gasteiger partial charge is 0.396 e. The van der Waals surface area contributed by atoms with E-state index in [1.807, 2.05) is 12.1 Å². The van der Waals surface area contributed by atoms with E-state index < -0.39 is 0 Å². The molecule has 3 heteroatoms. The monoisotopic (exact) mass is 279 g/mol. The predicted molar refractivity (Wildman–Crippen MR) is 80.0 cm³/mol. The van der Waals surface area contributed by atoms with Crippen LogP contribution < -0.4 is 5.32 Å². The topological polar surface area (TPSA) is 32.3 Å². The van der Waals surface area contributed by atoms with Gasteiger partial charge in [0.15, 0.2) is 0 Å². The molecule has 1 aliphatic rings. The van der Waals surface area contributed by atoms with E-state index in [-0.39, 0.29) is 12.4 Å². The van der Waals surface area contributed by atoms with Crippen molar-refractivity contribution in [2.24, 2.45) is 5.92 Å². The minimum Gasteiger partial charge on any atom is -0.396 e. The molecule has 2 unspecified atom stereocenters. The maximum Gasteiger partial charge on any atom is 0.123 e. The van der Waals surface area contributed by atoms with Gasteiger partial charge in [-0.1, -0.05) is 25.0 Å². The van der Waals surface area contributed by atoms with Crippen LogP contribution in [0.5, 0.6) is 0 Å². The number of benzene rings is 1. The Hall–Kier alpha value is -0.930. The molecule has 1 saturated carbocycles. The first-order chi connectivity index (χ1) is 9.70. The molecule has 1 aromatic rings. The van der Waals surface area contributed by atoms with Crippen LogP contribution in [0.3, 0.4) is 0 Å². The lowest BCUT2D eigenvalue weighted by Crippen LogP contribution is -2.34. The second kappa shape index (κ2) is 7.75. The first-order valence-corrected chi connectivity index (χ1v) is 7.83. The Morgan fingerprint density at radius 2 is 1.90 bits per heavy atom. The van der Waals surface area contributed by atoms with Crippen molar-refractivity contribution in [2.45, 2.75) is 57.5 Å². The molecule has 0 spiro atoms. The Bertz CT molecular complexity index is 386. The van der Waals surface area contributed by atoms with Crippen molar-refractivity contribution in [1.82, 2.24) is 5.32 Å². The van der Waals surface area contributed by atoms with Gasteiger partial charge in [-0.05, 0) is 56.2 Å². The number of aliphatic hydroxyl groups is 1. The highest BCUT2D eigenvalue weighted by atomic mass is 19.1. The van der Waals surface area contributed by atoms with Gasteiger partial charge < -0.3 is 10.4 Å². The lowest BCUT2D eigenvalue weighted by Gasteiger charge is -2.29. The van der Waals surface area contributed by atoms with E-state index in [2.05, 4.69) is 12.2 Å². The lowest BCUT2D eigenvalue weighted by molar-refractivity contribution is 0.265. The molecule has 1 aromatic carbocycles. The van der Waals surface area contributed by atoms with E-state index in [1.165, 1.54) is 31.2 Å². The smallest absolute Gasteiger partial charge is 0.123 e. The second-order valence-electron chi connectivity index (χ2n) is 6.01. The predicted octanol–water partition coefficient (Wildman–Crippen LogP) is 3.81. The van der Waals surface area contributed by atoms with Crippen LogP contribution in [0.25, 0.3) is 0 Å². The molecule has 2 nitrogen and oxygen atoms in total. The van der Waals surface area contributed by atoms with E-state index in [4.69, 9.17) is 5.11 Å². The van der Waals surface area contributed by atoms with Crippen LogP contribution >= 0.6 is 0 Å². The van der Waals surface area contributed by atoms with Crippen LogP contribution in [0.2, 0.25) is 0 Å². The summed E-state index contributed by atoms with van der Waals surface area (Å²) in [5.41, 5.74) is 1.19. The van der Waals surface area contributed by atoms with Crippen LogP contribution in [0.15, 0.2) is 24.3 Å². The number of aliphatic hydroxyl groups excluding tert-OH is 1. The van der Waals surface area contributed by atoms with Gasteiger partial charge in [-0.2, -0.15) is 0 Å². The summed E-state index contributed by atoms with van der Waals surface area (Å²) in [6.45, 7) is 2.41. The fraction of sp³-hybridized carbons (Fsp3) is 0.647. The van der Waals surface area contributed by atoms with Crippen molar-refractivity contribution in [3.05, 3.63) is 35.6 Å². The van der Waals surface area contributed by atoms with Crippen molar-refractivity contribution in [3.63, 3.8) is 0 Å². The van der Waals surface area contributed by atoms with Crippen LogP contribution in [0.4, 0.5) is 4.39 Å². The van der Waals surface area contributed by atoms with Crippen molar-refractivity contribution < 1.29 is 9.50 Å². The molecular formula is C17H26FNO. The average Bonchev–Trinajstić information content (AvgIpc) is 2.97. The fourth-order valence-corrected chi connectivity index (χ4v) is 3.25. The number of hydrogen-bond donors (Lipinski definition) is 2. The van der Waals surface area contributed by atoms with Crippen molar-refractivity contribution in [2.75, 3.05) is 6.61 Å². The Balaban J connectivity index is 2.05. The molecule has 0 radical (unpaired) electrons. The van der Waals surface area contributed by atoms with Crippen LogP contribution in [0, 0.1) is 11.7 Å². The van der Waals surface area contributed by atoms with Crippen molar-refractivity contribution in [1.29, 1.82) is 0 Å². The van der Waals surface area contributed by atoms with Gasteiger partial charge in [0.1, 0.15) is 5.82 Å². The Kier molecular flexibility index (Phi) is 5.99. The molecule has 1 fully saturated rings. The summed E-state index contributed by atoms with van der Waals surface area (Å²) in [5.74, 6) is 0.476. The highest BCUT2D eigenvalue weighted by Gasteiger charge is 2.27. The zero-order valence-corrected chi connectivity index (χ0v) is 12.3. The van der Waals surface area contributed by atoms with E-state index in [9.17, 15) is 4.39 Å². The highest BCUT2D eigenvalue weighted by Crippen LogP contribution is 2.36. The Morgan fingerprint density at radius 3 is 2.50 bits per heavy atom. The molecule has 2 rings (SSSR count).